The molecule has 114 valence electrons. The fourth-order valence-electron chi connectivity index (χ4n) is 1.33. The summed E-state index contributed by atoms with van der Waals surface area (Å²) in [4.78, 5) is 0. The molecule has 0 unspecified atom stereocenters. The minimum atomic E-state index is -2.93. The summed E-state index contributed by atoms with van der Waals surface area (Å²) in [6.07, 6.45) is 3.06. The van der Waals surface area contributed by atoms with Gasteiger partial charge in [-0.05, 0) is 36.0 Å². The van der Waals surface area contributed by atoms with Gasteiger partial charge in [-0.3, -0.25) is 5.43 Å². The first-order chi connectivity index (χ1) is 10.1. The molecule has 0 aliphatic carbocycles. The lowest BCUT2D eigenvalue weighted by Gasteiger charge is -2.10. The molecule has 0 bridgehead atoms. The molecule has 5 nitrogen and oxygen atoms in total. The van der Waals surface area contributed by atoms with Crippen LogP contribution in [-0.4, -0.2) is 31.6 Å². The predicted molar refractivity (Wildman–Crippen MR) is 81.2 cm³/mol. The molecule has 0 aliphatic rings. The summed E-state index contributed by atoms with van der Waals surface area (Å²) in [7, 11) is 1.37. The molecular formula is C13H15F2N3O2S. The molecule has 0 saturated carbocycles. The van der Waals surface area contributed by atoms with E-state index in [1.54, 1.807) is 12.1 Å². The summed E-state index contributed by atoms with van der Waals surface area (Å²) in [6, 6.07) is 4.53. The van der Waals surface area contributed by atoms with E-state index in [2.05, 4.69) is 27.2 Å². The molecule has 0 heterocycles. The Labute approximate surface area is 126 Å². The van der Waals surface area contributed by atoms with Gasteiger partial charge in [0, 0.05) is 6.54 Å². The molecule has 21 heavy (non-hydrogen) atoms. The Morgan fingerprint density at radius 3 is 2.86 bits per heavy atom. The molecular weight excluding hydrogens is 300 g/mol. The number of benzene rings is 1. The first-order valence-corrected chi connectivity index (χ1v) is 6.28. The zero-order chi connectivity index (χ0) is 15.7. The molecule has 0 saturated heterocycles. The molecule has 2 N–H and O–H groups in total. The van der Waals surface area contributed by atoms with Crippen molar-refractivity contribution in [1.29, 1.82) is 0 Å². The van der Waals surface area contributed by atoms with Crippen LogP contribution >= 0.6 is 12.2 Å². The number of hydrogen-bond acceptors (Lipinski definition) is 4. The van der Waals surface area contributed by atoms with Crippen molar-refractivity contribution in [1.82, 2.24) is 10.7 Å². The highest BCUT2D eigenvalue weighted by Gasteiger charge is 2.10. The number of rotatable bonds is 7. The maximum atomic E-state index is 12.3. The zero-order valence-corrected chi connectivity index (χ0v) is 12.1. The predicted octanol–water partition coefficient (Wildman–Crippen LogP) is 2.28. The van der Waals surface area contributed by atoms with Crippen molar-refractivity contribution in [2.24, 2.45) is 5.10 Å². The lowest BCUT2D eigenvalue weighted by Crippen LogP contribution is -2.31. The summed E-state index contributed by atoms with van der Waals surface area (Å²) >= 11 is 4.93. The molecule has 0 atom stereocenters. The number of halogens is 2. The van der Waals surface area contributed by atoms with Gasteiger partial charge in [0.15, 0.2) is 16.6 Å². The van der Waals surface area contributed by atoms with E-state index in [-0.39, 0.29) is 11.5 Å². The standard InChI is InChI=1S/C13H15F2N3O2S/c1-3-6-16-13(21)18-17-8-9-4-5-10(19-2)11(7-9)20-12(14)15/h3-5,7-8,12H,1,6H2,2H3,(H2,16,18,21)/b17-8-. The first-order valence-electron chi connectivity index (χ1n) is 5.87. The van der Waals surface area contributed by atoms with E-state index < -0.39 is 6.61 Å². The Morgan fingerprint density at radius 2 is 2.24 bits per heavy atom. The summed E-state index contributed by atoms with van der Waals surface area (Å²) in [5.74, 6) is 0.146. The third-order valence-electron chi connectivity index (χ3n) is 2.19. The highest BCUT2D eigenvalue weighted by atomic mass is 32.1. The van der Waals surface area contributed by atoms with E-state index in [4.69, 9.17) is 17.0 Å². The topological polar surface area (TPSA) is 54.9 Å². The van der Waals surface area contributed by atoms with Gasteiger partial charge in [0.1, 0.15) is 0 Å². The van der Waals surface area contributed by atoms with Crippen molar-refractivity contribution in [3.63, 3.8) is 0 Å². The molecule has 8 heteroatoms. The van der Waals surface area contributed by atoms with E-state index in [1.807, 2.05) is 0 Å². The van der Waals surface area contributed by atoms with Crippen LogP contribution in [0.4, 0.5) is 8.78 Å². The van der Waals surface area contributed by atoms with Gasteiger partial charge in [0.25, 0.3) is 0 Å². The normalized spacial score (nSPS) is 10.5. The Hall–Kier alpha value is -2.22. The quantitative estimate of drug-likeness (QED) is 0.350. The SMILES string of the molecule is C=CCNC(=S)N/N=C\c1ccc(OC)c(OC(F)F)c1. The van der Waals surface area contributed by atoms with E-state index in [9.17, 15) is 8.78 Å². The van der Waals surface area contributed by atoms with Gasteiger partial charge < -0.3 is 14.8 Å². The van der Waals surface area contributed by atoms with Gasteiger partial charge in [-0.25, -0.2) is 0 Å². The van der Waals surface area contributed by atoms with Crippen LogP contribution in [0.2, 0.25) is 0 Å². The number of thiocarbonyl (C=S) groups is 1. The number of hydrogen-bond donors (Lipinski definition) is 2. The van der Waals surface area contributed by atoms with Crippen LogP contribution in [0.1, 0.15) is 5.56 Å². The van der Waals surface area contributed by atoms with Crippen molar-refractivity contribution >= 4 is 23.5 Å². The van der Waals surface area contributed by atoms with Gasteiger partial charge in [-0.2, -0.15) is 13.9 Å². The van der Waals surface area contributed by atoms with Gasteiger partial charge >= 0.3 is 6.61 Å². The second-order valence-corrected chi connectivity index (χ2v) is 4.07. The molecule has 0 amide bonds. The molecule has 0 aromatic heterocycles. The van der Waals surface area contributed by atoms with Crippen LogP contribution < -0.4 is 20.2 Å². The number of hydrazone groups is 1. The third kappa shape index (κ3) is 6.17. The van der Waals surface area contributed by atoms with Gasteiger partial charge in [-0.1, -0.05) is 6.08 Å². The van der Waals surface area contributed by atoms with E-state index in [0.29, 0.717) is 17.2 Å². The number of nitrogens with zero attached hydrogens (tertiary/aromatic N) is 1. The van der Waals surface area contributed by atoms with Crippen molar-refractivity contribution in [3.8, 4) is 11.5 Å². The second kappa shape index (κ2) is 8.85. The Kier molecular flexibility index (Phi) is 7.10. The second-order valence-electron chi connectivity index (χ2n) is 3.66. The van der Waals surface area contributed by atoms with Crippen molar-refractivity contribution in [2.45, 2.75) is 6.61 Å². The van der Waals surface area contributed by atoms with E-state index >= 15 is 0 Å². The molecule has 0 aliphatic heterocycles. The van der Waals surface area contributed by atoms with E-state index in [1.165, 1.54) is 25.5 Å². The maximum Gasteiger partial charge on any atom is 0.387 e. The van der Waals surface area contributed by atoms with Crippen LogP contribution in [0.25, 0.3) is 0 Å². The Balaban J connectivity index is 2.70. The molecule has 0 spiro atoms. The highest BCUT2D eigenvalue weighted by Crippen LogP contribution is 2.28. The monoisotopic (exact) mass is 315 g/mol. The van der Waals surface area contributed by atoms with Crippen molar-refractivity contribution in [3.05, 3.63) is 36.4 Å². The molecule has 0 fully saturated rings. The maximum absolute atomic E-state index is 12.3. The van der Waals surface area contributed by atoms with Crippen LogP contribution in [0, 0.1) is 0 Å². The van der Waals surface area contributed by atoms with Crippen LogP contribution in [-0.2, 0) is 0 Å². The minimum absolute atomic E-state index is 0.0659. The number of nitrogens with one attached hydrogen (secondary N) is 2. The Bertz CT molecular complexity index is 524. The molecule has 1 aromatic carbocycles. The third-order valence-corrected chi connectivity index (χ3v) is 2.43. The fourth-order valence-corrected chi connectivity index (χ4v) is 1.47. The number of methoxy groups -OCH3 is 1. The van der Waals surface area contributed by atoms with E-state index in [0.717, 1.165) is 0 Å². The smallest absolute Gasteiger partial charge is 0.387 e. The van der Waals surface area contributed by atoms with Crippen molar-refractivity contribution < 1.29 is 18.3 Å². The molecule has 0 radical (unpaired) electrons. The summed E-state index contributed by atoms with van der Waals surface area (Å²) in [5.41, 5.74) is 3.12. The lowest BCUT2D eigenvalue weighted by atomic mass is 10.2. The van der Waals surface area contributed by atoms with Gasteiger partial charge in [0.05, 0.1) is 13.3 Å². The van der Waals surface area contributed by atoms with Gasteiger partial charge in [0.2, 0.25) is 0 Å². The van der Waals surface area contributed by atoms with Crippen molar-refractivity contribution in [2.75, 3.05) is 13.7 Å². The molecule has 1 aromatic rings. The summed E-state index contributed by atoms with van der Waals surface area (Å²) < 4.78 is 33.9. The first kappa shape index (κ1) is 16.8. The average molecular weight is 315 g/mol. The highest BCUT2D eigenvalue weighted by molar-refractivity contribution is 7.80. The largest absolute Gasteiger partial charge is 0.493 e. The Morgan fingerprint density at radius 1 is 1.48 bits per heavy atom. The summed E-state index contributed by atoms with van der Waals surface area (Å²) in [5, 5.41) is 7.02. The lowest BCUT2D eigenvalue weighted by molar-refractivity contribution is -0.0512. The fraction of sp³-hybridized carbons (Fsp3) is 0.231. The minimum Gasteiger partial charge on any atom is -0.493 e. The average Bonchev–Trinajstić information content (AvgIpc) is 2.45. The van der Waals surface area contributed by atoms with Gasteiger partial charge in [-0.15, -0.1) is 6.58 Å². The molecule has 1 rings (SSSR count). The van der Waals surface area contributed by atoms with Crippen LogP contribution in [0.3, 0.4) is 0 Å². The zero-order valence-electron chi connectivity index (χ0n) is 11.3. The number of ether oxygens (including phenoxy) is 2. The van der Waals surface area contributed by atoms with Crippen LogP contribution in [0.5, 0.6) is 11.5 Å². The number of alkyl halides is 2. The van der Waals surface area contributed by atoms with Crippen LogP contribution in [0.15, 0.2) is 36.0 Å². The summed E-state index contributed by atoms with van der Waals surface area (Å²) in [6.45, 7) is 1.11.